The number of anilines is 2. The van der Waals surface area contributed by atoms with Gasteiger partial charge in [-0.1, -0.05) is 93.3 Å². The maximum absolute atomic E-state index is 11.4. The summed E-state index contributed by atoms with van der Waals surface area (Å²) >= 11 is 3.82. The zero-order chi connectivity index (χ0) is 26.5. The van der Waals surface area contributed by atoms with Gasteiger partial charge in [0.15, 0.2) is 0 Å². The highest BCUT2D eigenvalue weighted by atomic mass is 79.9. The number of nitrogens with zero attached hydrogens (tertiary/aromatic N) is 1. The van der Waals surface area contributed by atoms with E-state index in [-0.39, 0.29) is 5.41 Å². The van der Waals surface area contributed by atoms with E-state index in [1.807, 2.05) is 6.07 Å². The smallest absolute Gasteiger partial charge is 0.150 e. The van der Waals surface area contributed by atoms with Crippen molar-refractivity contribution in [3.63, 3.8) is 0 Å². The van der Waals surface area contributed by atoms with Crippen LogP contribution >= 0.6 is 15.9 Å². The molecule has 0 aromatic heterocycles. The number of unbranched alkanes of at least 4 members (excludes halogenated alkanes) is 6. The van der Waals surface area contributed by atoms with Gasteiger partial charge in [0.25, 0.3) is 0 Å². The van der Waals surface area contributed by atoms with Crippen LogP contribution in [0.5, 0.6) is 0 Å². The number of rotatable bonds is 12. The summed E-state index contributed by atoms with van der Waals surface area (Å²) in [4.78, 5) is 13.9. The Hall–Kier alpha value is -2.39. The molecule has 1 aliphatic carbocycles. The maximum atomic E-state index is 11.4. The minimum Gasteiger partial charge on any atom is -0.341 e. The molecule has 3 aromatic rings. The zero-order valence-electron chi connectivity index (χ0n) is 23.2. The predicted molar refractivity (Wildman–Crippen MR) is 165 cm³/mol. The lowest BCUT2D eigenvalue weighted by atomic mass is 9.70. The summed E-state index contributed by atoms with van der Waals surface area (Å²) in [6, 6.07) is 20.4. The lowest BCUT2D eigenvalue weighted by Crippen LogP contribution is -2.27. The number of fused-ring (bicyclic) bond motifs is 4. The van der Waals surface area contributed by atoms with E-state index in [2.05, 4.69) is 83.2 Å². The molecule has 0 bridgehead atoms. The first-order valence-corrected chi connectivity index (χ1v) is 15.7. The first-order valence-electron chi connectivity index (χ1n) is 14.9. The van der Waals surface area contributed by atoms with Crippen LogP contribution in [0.25, 0.3) is 11.1 Å². The fourth-order valence-electron chi connectivity index (χ4n) is 6.95. The van der Waals surface area contributed by atoms with Gasteiger partial charge in [-0.2, -0.15) is 0 Å². The molecule has 0 saturated heterocycles. The van der Waals surface area contributed by atoms with Crippen LogP contribution in [-0.2, 0) is 11.8 Å². The van der Waals surface area contributed by atoms with Crippen molar-refractivity contribution in [3.05, 3.63) is 81.3 Å². The quantitative estimate of drug-likeness (QED) is 0.159. The van der Waals surface area contributed by atoms with Gasteiger partial charge in [0, 0.05) is 33.4 Å². The van der Waals surface area contributed by atoms with E-state index in [0.717, 1.165) is 31.2 Å². The standard InChI is InChI=1S/C35H42BrNO/c1-3-5-7-9-19-35(20-10-8-6-4-2)32-23-28(36)14-16-30(32)31-17-15-29(24-33(31)35)37-21-11-12-27-22-26(25-38)13-18-34(27)37/h13-18,22-25H,3-12,19-21H2,1-2H3. The minimum absolute atomic E-state index is 0.0753. The molecule has 5 rings (SSSR count). The fourth-order valence-corrected chi connectivity index (χ4v) is 7.31. The molecule has 3 heteroatoms. The molecule has 38 heavy (non-hydrogen) atoms. The summed E-state index contributed by atoms with van der Waals surface area (Å²) in [7, 11) is 0. The fraction of sp³-hybridized carbons (Fsp3) is 0.457. The molecule has 0 radical (unpaired) electrons. The molecule has 2 aliphatic rings. The van der Waals surface area contributed by atoms with Crippen LogP contribution in [0.4, 0.5) is 11.4 Å². The van der Waals surface area contributed by atoms with Gasteiger partial charge in [-0.3, -0.25) is 4.79 Å². The third-order valence-electron chi connectivity index (χ3n) is 8.89. The largest absolute Gasteiger partial charge is 0.341 e. The Kier molecular flexibility index (Phi) is 8.73. The normalized spacial score (nSPS) is 15.2. The zero-order valence-corrected chi connectivity index (χ0v) is 24.8. The number of carbonyl (C=O) groups is 1. The summed E-state index contributed by atoms with van der Waals surface area (Å²) < 4.78 is 1.19. The Balaban J connectivity index is 1.59. The van der Waals surface area contributed by atoms with Gasteiger partial charge < -0.3 is 4.90 Å². The molecule has 3 aromatic carbocycles. The van der Waals surface area contributed by atoms with Gasteiger partial charge in [0.1, 0.15) is 6.29 Å². The lowest BCUT2D eigenvalue weighted by molar-refractivity contribution is 0.112. The highest BCUT2D eigenvalue weighted by Crippen LogP contribution is 2.56. The average Bonchev–Trinajstić information content (AvgIpc) is 3.21. The molecule has 0 fully saturated rings. The topological polar surface area (TPSA) is 20.3 Å². The van der Waals surface area contributed by atoms with Crippen LogP contribution in [0.1, 0.15) is 112 Å². The first kappa shape index (κ1) is 27.2. The molecular weight excluding hydrogens is 530 g/mol. The van der Waals surface area contributed by atoms with E-state index >= 15 is 0 Å². The SMILES string of the molecule is CCCCCCC1(CCCCCC)c2cc(Br)ccc2-c2ccc(N3CCCc4cc(C=O)ccc43)cc21. The molecule has 1 aliphatic heterocycles. The third kappa shape index (κ3) is 5.24. The van der Waals surface area contributed by atoms with Crippen molar-refractivity contribution < 1.29 is 4.79 Å². The highest BCUT2D eigenvalue weighted by molar-refractivity contribution is 9.10. The van der Waals surface area contributed by atoms with Gasteiger partial charge in [-0.05, 0) is 96.0 Å². The Morgan fingerprint density at radius 3 is 2.18 bits per heavy atom. The molecule has 0 atom stereocenters. The van der Waals surface area contributed by atoms with Crippen molar-refractivity contribution in [1.82, 2.24) is 0 Å². The lowest BCUT2D eigenvalue weighted by Gasteiger charge is -2.35. The molecule has 1 heterocycles. The maximum Gasteiger partial charge on any atom is 0.150 e. The van der Waals surface area contributed by atoms with Crippen molar-refractivity contribution in [3.8, 4) is 11.1 Å². The van der Waals surface area contributed by atoms with Crippen LogP contribution in [0.15, 0.2) is 59.1 Å². The molecule has 0 N–H and O–H groups in total. The van der Waals surface area contributed by atoms with E-state index in [9.17, 15) is 4.79 Å². The summed E-state index contributed by atoms with van der Waals surface area (Å²) in [5, 5.41) is 0. The molecule has 0 spiro atoms. The number of aryl methyl sites for hydroxylation is 1. The molecular formula is C35H42BrNO. The average molecular weight is 573 g/mol. The van der Waals surface area contributed by atoms with Gasteiger partial charge in [-0.15, -0.1) is 0 Å². The van der Waals surface area contributed by atoms with E-state index in [0.29, 0.717) is 0 Å². The van der Waals surface area contributed by atoms with Gasteiger partial charge >= 0.3 is 0 Å². The monoisotopic (exact) mass is 571 g/mol. The number of halogens is 1. The molecule has 0 amide bonds. The Morgan fingerprint density at radius 2 is 1.50 bits per heavy atom. The van der Waals surface area contributed by atoms with Gasteiger partial charge in [0.2, 0.25) is 0 Å². The molecule has 0 saturated carbocycles. The van der Waals surface area contributed by atoms with Crippen LogP contribution in [0.3, 0.4) is 0 Å². The number of aldehydes is 1. The van der Waals surface area contributed by atoms with Crippen molar-refractivity contribution in [2.45, 2.75) is 96.3 Å². The third-order valence-corrected chi connectivity index (χ3v) is 9.38. The van der Waals surface area contributed by atoms with Crippen molar-refractivity contribution in [1.29, 1.82) is 0 Å². The number of hydrogen-bond acceptors (Lipinski definition) is 2. The Morgan fingerprint density at radius 1 is 0.816 bits per heavy atom. The van der Waals surface area contributed by atoms with Gasteiger partial charge in [-0.25, -0.2) is 0 Å². The number of hydrogen-bond donors (Lipinski definition) is 0. The Labute approximate surface area is 238 Å². The van der Waals surface area contributed by atoms with Crippen molar-refractivity contribution >= 4 is 33.6 Å². The second-order valence-electron chi connectivity index (χ2n) is 11.4. The van der Waals surface area contributed by atoms with Gasteiger partial charge in [0.05, 0.1) is 0 Å². The second-order valence-corrected chi connectivity index (χ2v) is 12.3. The molecule has 2 nitrogen and oxygen atoms in total. The van der Waals surface area contributed by atoms with E-state index in [4.69, 9.17) is 0 Å². The molecule has 200 valence electrons. The molecule has 0 unspecified atom stereocenters. The van der Waals surface area contributed by atoms with Crippen LogP contribution < -0.4 is 4.90 Å². The Bertz CT molecular complexity index is 1270. The summed E-state index contributed by atoms with van der Waals surface area (Å²) in [6.45, 7) is 5.63. The van der Waals surface area contributed by atoms with Crippen LogP contribution in [-0.4, -0.2) is 12.8 Å². The van der Waals surface area contributed by atoms with Crippen LogP contribution in [0.2, 0.25) is 0 Å². The van der Waals surface area contributed by atoms with E-state index in [1.54, 1.807) is 0 Å². The predicted octanol–water partition coefficient (Wildman–Crippen LogP) is 10.6. The minimum atomic E-state index is 0.0753. The van der Waals surface area contributed by atoms with Crippen molar-refractivity contribution in [2.24, 2.45) is 0 Å². The van der Waals surface area contributed by atoms with E-state index in [1.165, 1.54) is 108 Å². The van der Waals surface area contributed by atoms with E-state index < -0.39 is 0 Å². The first-order chi connectivity index (χ1) is 18.6. The second kappa shape index (κ2) is 12.2. The number of benzene rings is 3. The highest BCUT2D eigenvalue weighted by Gasteiger charge is 2.42. The van der Waals surface area contributed by atoms with Crippen LogP contribution in [0, 0.1) is 0 Å². The summed E-state index contributed by atoms with van der Waals surface area (Å²) in [5.74, 6) is 0. The van der Waals surface area contributed by atoms with Crippen molar-refractivity contribution in [2.75, 3.05) is 11.4 Å². The summed E-state index contributed by atoms with van der Waals surface area (Å²) in [5.41, 5.74) is 10.6. The number of carbonyl (C=O) groups excluding carboxylic acids is 1. The summed E-state index contributed by atoms with van der Waals surface area (Å²) in [6.07, 6.45) is 15.9.